The molecule has 0 aliphatic rings. The number of carbonyl (C=O) groups excluding carboxylic acids is 2. The molecule has 0 aliphatic carbocycles. The summed E-state index contributed by atoms with van der Waals surface area (Å²) in [6.07, 6.45) is 0. The van der Waals surface area contributed by atoms with Crippen LogP contribution in [0.4, 0.5) is 0 Å². The number of carbonyl (C=O) groups is 2. The second-order valence-electron chi connectivity index (χ2n) is 6.24. The van der Waals surface area contributed by atoms with Crippen LogP contribution in [0.15, 0.2) is 53.0 Å². The van der Waals surface area contributed by atoms with Gasteiger partial charge in [0.05, 0.1) is 16.1 Å². The Labute approximate surface area is 154 Å². The van der Waals surface area contributed by atoms with Crippen LogP contribution in [0.25, 0.3) is 0 Å². The SMILES string of the molecule is CC(C)(C)N(NC(=O)c1cccc(Br)c1)C(=O)c1ccccc1Cl. The molecule has 0 unspecified atom stereocenters. The molecule has 2 aromatic rings. The molecule has 2 aromatic carbocycles. The molecule has 1 N–H and O–H groups in total. The van der Waals surface area contributed by atoms with Gasteiger partial charge in [-0.2, -0.15) is 0 Å². The predicted octanol–water partition coefficient (Wildman–Crippen LogP) is 4.69. The molecule has 0 aromatic heterocycles. The van der Waals surface area contributed by atoms with Crippen molar-refractivity contribution >= 4 is 39.3 Å². The van der Waals surface area contributed by atoms with E-state index in [1.54, 1.807) is 42.5 Å². The molecule has 2 amide bonds. The van der Waals surface area contributed by atoms with E-state index in [0.29, 0.717) is 16.1 Å². The van der Waals surface area contributed by atoms with Crippen LogP contribution >= 0.6 is 27.5 Å². The fraction of sp³-hybridized carbons (Fsp3) is 0.222. The standard InChI is InChI=1S/C18H18BrClN2O2/c1-18(2,3)22(17(24)14-9-4-5-10-15(14)20)21-16(23)12-7-6-8-13(19)11-12/h4-11H,1-3H3,(H,21,23). The van der Waals surface area contributed by atoms with Gasteiger partial charge in [-0.05, 0) is 51.1 Å². The number of hydrogen-bond donors (Lipinski definition) is 1. The Balaban J connectivity index is 2.32. The third-order valence-electron chi connectivity index (χ3n) is 3.28. The molecule has 0 atom stereocenters. The average molecular weight is 410 g/mol. The Kier molecular flexibility index (Phi) is 5.67. The van der Waals surface area contributed by atoms with E-state index < -0.39 is 5.54 Å². The maximum Gasteiger partial charge on any atom is 0.274 e. The lowest BCUT2D eigenvalue weighted by atomic mass is 10.1. The number of benzene rings is 2. The Morgan fingerprint density at radius 2 is 1.75 bits per heavy atom. The molecule has 6 heteroatoms. The van der Waals surface area contributed by atoms with Gasteiger partial charge in [-0.1, -0.05) is 45.7 Å². The monoisotopic (exact) mass is 408 g/mol. The lowest BCUT2D eigenvalue weighted by molar-refractivity contribution is 0.0359. The van der Waals surface area contributed by atoms with E-state index in [2.05, 4.69) is 21.4 Å². The van der Waals surface area contributed by atoms with Gasteiger partial charge in [-0.3, -0.25) is 15.0 Å². The Bertz CT molecular complexity index is 772. The number of nitrogens with one attached hydrogen (secondary N) is 1. The Hall–Kier alpha value is -1.85. The van der Waals surface area contributed by atoms with E-state index in [0.717, 1.165) is 4.47 Å². The normalized spacial score (nSPS) is 11.0. The van der Waals surface area contributed by atoms with Gasteiger partial charge in [0.25, 0.3) is 11.8 Å². The highest BCUT2D eigenvalue weighted by Crippen LogP contribution is 2.21. The summed E-state index contributed by atoms with van der Waals surface area (Å²) in [5.74, 6) is -0.733. The Morgan fingerprint density at radius 3 is 2.33 bits per heavy atom. The van der Waals surface area contributed by atoms with Crippen molar-refractivity contribution in [3.05, 3.63) is 69.2 Å². The molecular weight excluding hydrogens is 392 g/mol. The molecule has 2 rings (SSSR count). The van der Waals surface area contributed by atoms with Gasteiger partial charge in [0, 0.05) is 10.0 Å². The minimum Gasteiger partial charge on any atom is -0.267 e. The van der Waals surface area contributed by atoms with Crippen molar-refractivity contribution in [1.29, 1.82) is 0 Å². The summed E-state index contributed by atoms with van der Waals surface area (Å²) in [6, 6.07) is 13.7. The summed E-state index contributed by atoms with van der Waals surface area (Å²) in [4.78, 5) is 25.4. The summed E-state index contributed by atoms with van der Waals surface area (Å²) in [5.41, 5.74) is 2.85. The molecule has 0 bridgehead atoms. The highest BCUT2D eigenvalue weighted by molar-refractivity contribution is 9.10. The zero-order valence-corrected chi connectivity index (χ0v) is 16.0. The molecule has 126 valence electrons. The van der Waals surface area contributed by atoms with Crippen LogP contribution in [-0.4, -0.2) is 22.4 Å². The minimum atomic E-state index is -0.627. The first-order valence-electron chi connectivity index (χ1n) is 7.36. The zero-order chi connectivity index (χ0) is 17.9. The van der Waals surface area contributed by atoms with Gasteiger partial charge in [0.1, 0.15) is 0 Å². The van der Waals surface area contributed by atoms with Crippen LogP contribution < -0.4 is 5.43 Å². The van der Waals surface area contributed by atoms with E-state index >= 15 is 0 Å². The largest absolute Gasteiger partial charge is 0.274 e. The molecule has 4 nitrogen and oxygen atoms in total. The van der Waals surface area contributed by atoms with E-state index in [1.165, 1.54) is 5.01 Å². The highest BCUT2D eigenvalue weighted by Gasteiger charge is 2.30. The quantitative estimate of drug-likeness (QED) is 0.732. The van der Waals surface area contributed by atoms with Crippen LogP contribution in [0, 0.1) is 0 Å². The zero-order valence-electron chi connectivity index (χ0n) is 13.6. The van der Waals surface area contributed by atoms with Crippen molar-refractivity contribution < 1.29 is 9.59 Å². The van der Waals surface area contributed by atoms with Gasteiger partial charge < -0.3 is 0 Å². The van der Waals surface area contributed by atoms with Crippen LogP contribution in [0.5, 0.6) is 0 Å². The van der Waals surface area contributed by atoms with Crippen molar-refractivity contribution in [2.75, 3.05) is 0 Å². The van der Waals surface area contributed by atoms with Gasteiger partial charge in [0.2, 0.25) is 0 Å². The number of hydrogen-bond acceptors (Lipinski definition) is 2. The van der Waals surface area contributed by atoms with Gasteiger partial charge in [0.15, 0.2) is 0 Å². The summed E-state index contributed by atoms with van der Waals surface area (Å²) in [6.45, 7) is 5.51. The number of hydrazine groups is 1. The molecule has 0 saturated heterocycles. The molecule has 0 heterocycles. The first-order valence-corrected chi connectivity index (χ1v) is 8.53. The fourth-order valence-electron chi connectivity index (χ4n) is 2.07. The van der Waals surface area contributed by atoms with Crippen LogP contribution in [0.2, 0.25) is 5.02 Å². The summed E-state index contributed by atoms with van der Waals surface area (Å²) in [5, 5.41) is 1.64. The van der Waals surface area contributed by atoms with E-state index in [4.69, 9.17) is 11.6 Å². The van der Waals surface area contributed by atoms with Crippen LogP contribution in [0.1, 0.15) is 41.5 Å². The number of amides is 2. The van der Waals surface area contributed by atoms with Gasteiger partial charge in [-0.25, -0.2) is 5.01 Å². The molecule has 0 spiro atoms. The van der Waals surface area contributed by atoms with Gasteiger partial charge in [-0.15, -0.1) is 0 Å². The molecule has 24 heavy (non-hydrogen) atoms. The smallest absolute Gasteiger partial charge is 0.267 e. The van der Waals surface area contributed by atoms with Crippen molar-refractivity contribution in [1.82, 2.24) is 10.4 Å². The van der Waals surface area contributed by atoms with Crippen molar-refractivity contribution in [3.63, 3.8) is 0 Å². The first kappa shape index (κ1) is 18.5. The second-order valence-corrected chi connectivity index (χ2v) is 7.57. The van der Waals surface area contributed by atoms with Gasteiger partial charge >= 0.3 is 0 Å². The van der Waals surface area contributed by atoms with E-state index in [9.17, 15) is 9.59 Å². The second kappa shape index (κ2) is 7.36. The van der Waals surface area contributed by atoms with Crippen LogP contribution in [-0.2, 0) is 0 Å². The summed E-state index contributed by atoms with van der Waals surface area (Å²) >= 11 is 9.45. The molecule has 0 fully saturated rings. The van der Waals surface area contributed by atoms with Crippen molar-refractivity contribution in [2.45, 2.75) is 26.3 Å². The molecule has 0 radical (unpaired) electrons. The summed E-state index contributed by atoms with van der Waals surface area (Å²) in [7, 11) is 0. The van der Waals surface area contributed by atoms with Crippen LogP contribution in [0.3, 0.4) is 0 Å². The predicted molar refractivity (Wildman–Crippen MR) is 99.0 cm³/mol. The molecular formula is C18H18BrClN2O2. The maximum absolute atomic E-state index is 12.9. The number of rotatable bonds is 2. The lowest BCUT2D eigenvalue weighted by Gasteiger charge is -2.35. The van der Waals surface area contributed by atoms with E-state index in [-0.39, 0.29) is 11.8 Å². The average Bonchev–Trinajstić information content (AvgIpc) is 2.51. The fourth-order valence-corrected chi connectivity index (χ4v) is 2.69. The maximum atomic E-state index is 12.9. The van der Waals surface area contributed by atoms with E-state index in [1.807, 2.05) is 26.8 Å². The molecule has 0 aliphatic heterocycles. The number of nitrogens with zero attached hydrogens (tertiary/aromatic N) is 1. The molecule has 0 saturated carbocycles. The summed E-state index contributed by atoms with van der Waals surface area (Å²) < 4.78 is 0.787. The van der Waals surface area contributed by atoms with Crippen molar-refractivity contribution in [3.8, 4) is 0 Å². The first-order chi connectivity index (χ1) is 11.2. The van der Waals surface area contributed by atoms with Crippen molar-refractivity contribution in [2.24, 2.45) is 0 Å². The number of halogens is 2. The topological polar surface area (TPSA) is 49.4 Å². The highest BCUT2D eigenvalue weighted by atomic mass is 79.9. The minimum absolute atomic E-state index is 0.337. The third kappa shape index (κ3) is 4.36. The Morgan fingerprint density at radius 1 is 1.08 bits per heavy atom. The third-order valence-corrected chi connectivity index (χ3v) is 4.10. The lowest BCUT2D eigenvalue weighted by Crippen LogP contribution is -2.55.